The molecule has 1 aromatic carbocycles. The first-order chi connectivity index (χ1) is 18.2. The summed E-state index contributed by atoms with van der Waals surface area (Å²) in [5, 5.41) is 3.94. The minimum absolute atomic E-state index is 0.0508. The van der Waals surface area contributed by atoms with Gasteiger partial charge in [-0.15, -0.1) is 0 Å². The first-order valence-corrected chi connectivity index (χ1v) is 15.6. The van der Waals surface area contributed by atoms with Crippen LogP contribution >= 0.6 is 39.5 Å². The lowest BCUT2D eigenvalue weighted by atomic mass is 9.89. The smallest absolute Gasteiger partial charge is 0.231 e. The summed E-state index contributed by atoms with van der Waals surface area (Å²) in [5.74, 6) is 5.31. The normalized spacial score (nSPS) is 16.6. The predicted molar refractivity (Wildman–Crippen MR) is 154 cm³/mol. The number of carbonyl (C=O) groups excluding carboxylic acids is 1. The number of aryl methyl sites for hydroxylation is 1. The molecule has 9 nitrogen and oxygen atoms in total. The number of carbonyl (C=O) groups is 1. The molecule has 5 rings (SSSR count). The van der Waals surface area contributed by atoms with E-state index in [0.717, 1.165) is 40.1 Å². The predicted octanol–water partition coefficient (Wildman–Crippen LogP) is 5.46. The fraction of sp³-hybridized carbons (Fsp3) is 0.538. The molecule has 3 N–H and O–H groups in total. The fourth-order valence-electron chi connectivity index (χ4n) is 4.78. The Kier molecular flexibility index (Phi) is 8.30. The number of benzene rings is 1. The van der Waals surface area contributed by atoms with Gasteiger partial charge in [-0.3, -0.25) is 4.79 Å². The molecule has 38 heavy (non-hydrogen) atoms. The van der Waals surface area contributed by atoms with Gasteiger partial charge in [-0.25, -0.2) is 15.0 Å². The summed E-state index contributed by atoms with van der Waals surface area (Å²) in [6, 6.07) is 3.91. The number of imidazole rings is 1. The van der Waals surface area contributed by atoms with Crippen LogP contribution in [0, 0.1) is 11.3 Å². The van der Waals surface area contributed by atoms with E-state index in [1.807, 2.05) is 28.5 Å². The third-order valence-electron chi connectivity index (χ3n) is 6.65. The molecule has 1 aromatic rings. The number of amides is 1. The number of thioether (sulfide) groups is 1. The van der Waals surface area contributed by atoms with E-state index < -0.39 is 0 Å². The lowest BCUT2D eigenvalue weighted by Crippen LogP contribution is -2.43. The molecule has 0 saturated carbocycles. The van der Waals surface area contributed by atoms with Gasteiger partial charge in [0.15, 0.2) is 34.0 Å². The van der Waals surface area contributed by atoms with E-state index in [1.165, 1.54) is 11.8 Å². The van der Waals surface area contributed by atoms with Crippen molar-refractivity contribution in [3.8, 4) is 23.0 Å². The van der Waals surface area contributed by atoms with Gasteiger partial charge in [0, 0.05) is 28.4 Å². The zero-order valence-corrected chi connectivity index (χ0v) is 25.0. The van der Waals surface area contributed by atoms with Gasteiger partial charge in [0.05, 0.1) is 6.33 Å². The van der Waals surface area contributed by atoms with Gasteiger partial charge in [0.2, 0.25) is 12.7 Å². The van der Waals surface area contributed by atoms with Crippen molar-refractivity contribution in [2.24, 2.45) is 11.3 Å². The average molecular weight is 622 g/mol. The molecule has 4 heterocycles. The number of fused-ring (bicyclic) bond motifs is 2. The number of nitrogens with one attached hydrogen (secondary N) is 1. The number of ether oxygens (including phenoxy) is 2. The van der Waals surface area contributed by atoms with Crippen molar-refractivity contribution in [1.82, 2.24) is 24.8 Å². The van der Waals surface area contributed by atoms with Crippen LogP contribution in [0.2, 0.25) is 0 Å². The van der Waals surface area contributed by atoms with Crippen LogP contribution in [-0.2, 0) is 11.3 Å². The highest BCUT2D eigenvalue weighted by Gasteiger charge is 2.28. The Morgan fingerprint density at radius 2 is 2.00 bits per heavy atom. The molecule has 1 unspecified atom stereocenters. The maximum atomic E-state index is 12.9. The summed E-state index contributed by atoms with van der Waals surface area (Å²) in [7, 11) is 0. The monoisotopic (exact) mass is 620 g/mol. The molecule has 1 amide bonds. The van der Waals surface area contributed by atoms with Crippen molar-refractivity contribution in [2.45, 2.75) is 69.1 Å². The van der Waals surface area contributed by atoms with Crippen molar-refractivity contribution in [3.63, 3.8) is 0 Å². The largest absolute Gasteiger partial charge is 0.454 e. The molecule has 12 heteroatoms. The molecule has 0 radical (unpaired) electrons. The van der Waals surface area contributed by atoms with Crippen LogP contribution in [0.3, 0.4) is 0 Å². The summed E-state index contributed by atoms with van der Waals surface area (Å²) in [5.41, 5.74) is 6.72. The Hall–Kier alpha value is -2.18. The van der Waals surface area contributed by atoms with E-state index in [1.54, 1.807) is 6.33 Å². The van der Waals surface area contributed by atoms with E-state index in [9.17, 15) is 4.79 Å². The standard InChI is InChI=1S/C26H33BrN6O3S2/c1-26(2,3)12-21(34)30-17(15-5-8-37-9-6-15)4-7-33-13-29-23(28)22-24(33)32-25(31-22)38-20-11-19-18(10-16(20)27)35-14-36-19/h10-11,13,15,17H,4-9,12,14,28H2,1-3H3,(H,30,34). The molecule has 1 saturated heterocycles. The fourth-order valence-corrected chi connectivity index (χ4v) is 7.28. The maximum Gasteiger partial charge on any atom is 0.231 e. The first-order valence-electron chi connectivity index (χ1n) is 12.8. The highest BCUT2D eigenvalue weighted by atomic mass is 79.9. The quantitative estimate of drug-likeness (QED) is 0.338. The molecular formula is C26H33BrN6O3S2. The van der Waals surface area contributed by atoms with Crippen molar-refractivity contribution in [3.05, 3.63) is 22.9 Å². The summed E-state index contributed by atoms with van der Waals surface area (Å²) in [6.45, 7) is 7.16. The number of nitrogens with two attached hydrogens (primary N) is 1. The van der Waals surface area contributed by atoms with E-state index in [0.29, 0.717) is 52.9 Å². The molecule has 0 aliphatic carbocycles. The number of nitrogens with zero attached hydrogens (tertiary/aromatic N) is 4. The first kappa shape index (κ1) is 27.4. The maximum absolute atomic E-state index is 12.9. The molecule has 1 fully saturated rings. The van der Waals surface area contributed by atoms with Crippen LogP contribution in [0.1, 0.15) is 46.5 Å². The Morgan fingerprint density at radius 1 is 1.26 bits per heavy atom. The Labute approximate surface area is 239 Å². The second-order valence-corrected chi connectivity index (χ2v) is 14.0. The Balaban J connectivity index is 1.34. The number of halogens is 1. The highest BCUT2D eigenvalue weighted by molar-refractivity contribution is 9.10. The van der Waals surface area contributed by atoms with Gasteiger partial charge in [-0.05, 0) is 81.9 Å². The van der Waals surface area contributed by atoms with Gasteiger partial charge in [-0.2, -0.15) is 11.8 Å². The summed E-state index contributed by atoms with van der Waals surface area (Å²) in [4.78, 5) is 27.7. The van der Waals surface area contributed by atoms with Gasteiger partial charge >= 0.3 is 0 Å². The van der Waals surface area contributed by atoms with E-state index in [2.05, 4.69) is 52.0 Å². The van der Waals surface area contributed by atoms with E-state index in [4.69, 9.17) is 20.2 Å². The van der Waals surface area contributed by atoms with Gasteiger partial charge in [0.1, 0.15) is 0 Å². The Bertz CT molecular complexity index is 1270. The molecule has 0 bridgehead atoms. The van der Waals surface area contributed by atoms with Gasteiger partial charge in [-0.1, -0.05) is 20.8 Å². The van der Waals surface area contributed by atoms with E-state index in [-0.39, 0.29) is 24.2 Å². The number of anilines is 1. The minimum atomic E-state index is -0.0508. The van der Waals surface area contributed by atoms with Crippen LogP contribution in [0.5, 0.6) is 11.5 Å². The van der Waals surface area contributed by atoms with Gasteiger partial charge in [0.25, 0.3) is 0 Å². The SMILES string of the molecule is CC(C)(C)CC(=O)NC(CCn1cnc(N)c2nc(Sc3cc4c(cc3Br)OCO4)nc1-2)C1CCSCC1. The number of aromatic nitrogens is 4. The number of nitrogen functional groups attached to an aromatic ring is 1. The average Bonchev–Trinajstić information content (AvgIpc) is 3.50. The topological polar surface area (TPSA) is 117 Å². The number of rotatable bonds is 8. The third kappa shape index (κ3) is 6.51. The lowest BCUT2D eigenvalue weighted by Gasteiger charge is -2.32. The van der Waals surface area contributed by atoms with Crippen LogP contribution in [0.15, 0.2) is 33.0 Å². The van der Waals surface area contributed by atoms with Crippen molar-refractivity contribution in [1.29, 1.82) is 0 Å². The summed E-state index contributed by atoms with van der Waals surface area (Å²) >= 11 is 7.02. The summed E-state index contributed by atoms with van der Waals surface area (Å²) in [6.07, 6.45) is 5.26. The van der Waals surface area contributed by atoms with E-state index >= 15 is 0 Å². The number of hydrogen-bond acceptors (Lipinski definition) is 9. The van der Waals surface area contributed by atoms with Crippen molar-refractivity contribution >= 4 is 51.2 Å². The van der Waals surface area contributed by atoms with Crippen LogP contribution < -0.4 is 20.5 Å². The van der Waals surface area contributed by atoms with Crippen LogP contribution in [0.25, 0.3) is 11.5 Å². The van der Waals surface area contributed by atoms with Crippen molar-refractivity contribution < 1.29 is 14.3 Å². The van der Waals surface area contributed by atoms with Gasteiger partial charge < -0.3 is 25.1 Å². The molecular weight excluding hydrogens is 588 g/mol. The molecule has 1 atom stereocenters. The highest BCUT2D eigenvalue weighted by Crippen LogP contribution is 2.43. The third-order valence-corrected chi connectivity index (χ3v) is 9.54. The summed E-state index contributed by atoms with van der Waals surface area (Å²) < 4.78 is 13.9. The second kappa shape index (κ2) is 11.5. The molecule has 204 valence electrons. The minimum Gasteiger partial charge on any atom is -0.454 e. The van der Waals surface area contributed by atoms with Crippen molar-refractivity contribution in [2.75, 3.05) is 24.0 Å². The second-order valence-electron chi connectivity index (χ2n) is 10.9. The molecule has 0 aromatic heterocycles. The molecule has 4 aliphatic rings. The van der Waals surface area contributed by atoms with Crippen LogP contribution in [-0.4, -0.2) is 49.8 Å². The Morgan fingerprint density at radius 3 is 2.74 bits per heavy atom. The molecule has 4 aliphatic heterocycles. The van der Waals surface area contributed by atoms with Crippen LogP contribution in [0.4, 0.5) is 5.82 Å². The zero-order valence-electron chi connectivity index (χ0n) is 21.8. The number of hydrogen-bond donors (Lipinski definition) is 2. The lowest BCUT2D eigenvalue weighted by molar-refractivity contribution is -0.124. The molecule has 0 spiro atoms. The zero-order chi connectivity index (χ0) is 26.9.